The number of rotatable bonds is 3. The predicted octanol–water partition coefficient (Wildman–Crippen LogP) is 4.13. The molecule has 2 aromatic carbocycles. The van der Waals surface area contributed by atoms with Gasteiger partial charge in [0.1, 0.15) is 11.3 Å². The summed E-state index contributed by atoms with van der Waals surface area (Å²) < 4.78 is 11.1. The van der Waals surface area contributed by atoms with Gasteiger partial charge in [-0.05, 0) is 41.5 Å². The summed E-state index contributed by atoms with van der Waals surface area (Å²) in [5.41, 5.74) is 3.86. The zero-order valence-corrected chi connectivity index (χ0v) is 14.3. The molecule has 0 N–H and O–H groups in total. The molecule has 1 aliphatic rings. The van der Waals surface area contributed by atoms with Crippen LogP contribution < -0.4 is 0 Å². The second-order valence-corrected chi connectivity index (χ2v) is 6.30. The first-order valence-corrected chi connectivity index (χ1v) is 8.74. The van der Waals surface area contributed by atoms with E-state index in [1.54, 1.807) is 0 Å². The fraction of sp³-hybridized carbons (Fsp3) is 0.286. The molecule has 2 heterocycles. The van der Waals surface area contributed by atoms with Gasteiger partial charge in [0.05, 0.1) is 13.2 Å². The van der Waals surface area contributed by atoms with E-state index < -0.39 is 0 Å². The lowest BCUT2D eigenvalue weighted by atomic mass is 10.0. The zero-order chi connectivity index (χ0) is 17.2. The summed E-state index contributed by atoms with van der Waals surface area (Å²) >= 11 is 0. The highest BCUT2D eigenvalue weighted by Gasteiger charge is 2.18. The number of ether oxygens (including phenoxy) is 1. The molecule has 1 amide bonds. The monoisotopic (exact) mass is 335 g/mol. The van der Waals surface area contributed by atoms with Crippen molar-refractivity contribution in [2.24, 2.45) is 0 Å². The molecule has 0 aliphatic carbocycles. The van der Waals surface area contributed by atoms with Gasteiger partial charge in [-0.25, -0.2) is 0 Å². The average Bonchev–Trinajstić information content (AvgIpc) is 3.10. The first kappa shape index (κ1) is 15.9. The van der Waals surface area contributed by atoms with Crippen molar-refractivity contribution in [3.05, 3.63) is 59.9 Å². The fourth-order valence-electron chi connectivity index (χ4n) is 3.21. The van der Waals surface area contributed by atoms with E-state index in [1.165, 1.54) is 0 Å². The molecule has 0 spiro atoms. The van der Waals surface area contributed by atoms with E-state index in [0.717, 1.165) is 39.8 Å². The van der Waals surface area contributed by atoms with Crippen molar-refractivity contribution in [2.75, 3.05) is 26.3 Å². The minimum absolute atomic E-state index is 0.0766. The molecule has 0 atom stereocenters. The number of carbonyl (C=O) groups excluding carboxylic acids is 1. The van der Waals surface area contributed by atoms with Gasteiger partial charge in [-0.1, -0.05) is 25.1 Å². The van der Waals surface area contributed by atoms with Crippen LogP contribution in [0, 0.1) is 0 Å². The first-order valence-electron chi connectivity index (χ1n) is 8.74. The summed E-state index contributed by atoms with van der Waals surface area (Å²) in [7, 11) is 0. The molecule has 128 valence electrons. The van der Waals surface area contributed by atoms with E-state index in [-0.39, 0.29) is 5.91 Å². The molecule has 25 heavy (non-hydrogen) atoms. The van der Waals surface area contributed by atoms with Crippen molar-refractivity contribution in [3.8, 4) is 11.1 Å². The van der Waals surface area contributed by atoms with Crippen molar-refractivity contribution in [3.63, 3.8) is 0 Å². The molecule has 1 aliphatic heterocycles. The number of aryl methyl sites for hydroxylation is 1. The van der Waals surface area contributed by atoms with Crippen LogP contribution in [0.1, 0.15) is 23.0 Å². The fourth-order valence-corrected chi connectivity index (χ4v) is 3.21. The normalized spacial score (nSPS) is 14.8. The Bertz CT molecular complexity index is 889. The van der Waals surface area contributed by atoms with Gasteiger partial charge >= 0.3 is 0 Å². The minimum atomic E-state index is 0.0766. The number of hydrogen-bond donors (Lipinski definition) is 0. The van der Waals surface area contributed by atoms with Crippen LogP contribution in [0.15, 0.2) is 52.9 Å². The van der Waals surface area contributed by atoms with Gasteiger partial charge in [-0.15, -0.1) is 0 Å². The molecule has 1 aromatic heterocycles. The van der Waals surface area contributed by atoms with Gasteiger partial charge in [0.15, 0.2) is 0 Å². The third kappa shape index (κ3) is 3.17. The molecule has 1 saturated heterocycles. The lowest BCUT2D eigenvalue weighted by molar-refractivity contribution is 0.0303. The maximum Gasteiger partial charge on any atom is 0.254 e. The Labute approximate surface area is 147 Å². The molecule has 3 aromatic rings. The number of nitrogens with zero attached hydrogens (tertiary/aromatic N) is 1. The van der Waals surface area contributed by atoms with Crippen molar-refractivity contribution < 1.29 is 13.9 Å². The van der Waals surface area contributed by atoms with Gasteiger partial charge in [0.2, 0.25) is 0 Å². The summed E-state index contributed by atoms with van der Waals surface area (Å²) in [6.07, 6.45) is 0.891. The molecule has 4 rings (SSSR count). The van der Waals surface area contributed by atoms with Crippen LogP contribution in [0.2, 0.25) is 0 Å². The maximum absolute atomic E-state index is 12.5. The average molecular weight is 335 g/mol. The third-order valence-electron chi connectivity index (χ3n) is 4.68. The summed E-state index contributed by atoms with van der Waals surface area (Å²) in [4.78, 5) is 14.4. The smallest absolute Gasteiger partial charge is 0.254 e. The van der Waals surface area contributed by atoms with E-state index in [1.807, 2.05) is 35.2 Å². The van der Waals surface area contributed by atoms with E-state index in [4.69, 9.17) is 9.15 Å². The van der Waals surface area contributed by atoms with Gasteiger partial charge in [-0.2, -0.15) is 0 Å². The maximum atomic E-state index is 12.5. The molecule has 0 saturated carbocycles. The lowest BCUT2D eigenvalue weighted by Crippen LogP contribution is -2.40. The zero-order valence-electron chi connectivity index (χ0n) is 14.3. The van der Waals surface area contributed by atoms with Crippen LogP contribution in [0.25, 0.3) is 22.1 Å². The molecule has 0 bridgehead atoms. The van der Waals surface area contributed by atoms with Crippen LogP contribution in [0.4, 0.5) is 0 Å². The number of hydrogen-bond acceptors (Lipinski definition) is 3. The van der Waals surface area contributed by atoms with Crippen LogP contribution >= 0.6 is 0 Å². The summed E-state index contributed by atoms with van der Waals surface area (Å²) in [5.74, 6) is 1.08. The SMILES string of the molecule is CCc1cc2cc(-c3ccc(C(=O)N4CCOCC4)cc3)ccc2o1. The first-order chi connectivity index (χ1) is 12.2. The largest absolute Gasteiger partial charge is 0.461 e. The quantitative estimate of drug-likeness (QED) is 0.722. The Morgan fingerprint density at radius 1 is 1.00 bits per heavy atom. The Kier molecular flexibility index (Phi) is 4.28. The summed E-state index contributed by atoms with van der Waals surface area (Å²) in [5, 5.41) is 1.11. The lowest BCUT2D eigenvalue weighted by Gasteiger charge is -2.26. The molecular weight excluding hydrogens is 314 g/mol. The molecular formula is C21H21NO3. The highest BCUT2D eigenvalue weighted by molar-refractivity contribution is 5.95. The number of morpholine rings is 1. The van der Waals surface area contributed by atoms with Crippen LogP contribution in [0.5, 0.6) is 0 Å². The predicted molar refractivity (Wildman–Crippen MR) is 97.8 cm³/mol. The molecule has 4 heteroatoms. The van der Waals surface area contributed by atoms with Crippen LogP contribution in [-0.2, 0) is 11.2 Å². The van der Waals surface area contributed by atoms with E-state index in [2.05, 4.69) is 25.1 Å². The molecule has 0 unspecified atom stereocenters. The Balaban J connectivity index is 1.58. The van der Waals surface area contributed by atoms with Crippen LogP contribution in [-0.4, -0.2) is 37.1 Å². The van der Waals surface area contributed by atoms with E-state index in [9.17, 15) is 4.79 Å². The number of carbonyl (C=O) groups is 1. The summed E-state index contributed by atoms with van der Waals surface area (Å²) in [6, 6.07) is 16.1. The number of fused-ring (bicyclic) bond motifs is 1. The molecule has 4 nitrogen and oxygen atoms in total. The van der Waals surface area contributed by atoms with Gasteiger partial charge in [0.25, 0.3) is 5.91 Å². The van der Waals surface area contributed by atoms with Gasteiger partial charge in [0, 0.05) is 30.5 Å². The van der Waals surface area contributed by atoms with E-state index in [0.29, 0.717) is 26.3 Å². The van der Waals surface area contributed by atoms with Gasteiger partial charge in [-0.3, -0.25) is 4.79 Å². The topological polar surface area (TPSA) is 42.7 Å². The van der Waals surface area contributed by atoms with Crippen molar-refractivity contribution >= 4 is 16.9 Å². The highest BCUT2D eigenvalue weighted by Crippen LogP contribution is 2.27. The number of amides is 1. The van der Waals surface area contributed by atoms with E-state index >= 15 is 0 Å². The van der Waals surface area contributed by atoms with Crippen LogP contribution in [0.3, 0.4) is 0 Å². The Morgan fingerprint density at radius 3 is 2.44 bits per heavy atom. The Morgan fingerprint density at radius 2 is 1.72 bits per heavy atom. The molecule has 0 radical (unpaired) electrons. The minimum Gasteiger partial charge on any atom is -0.461 e. The third-order valence-corrected chi connectivity index (χ3v) is 4.68. The molecule has 1 fully saturated rings. The Hall–Kier alpha value is -2.59. The second kappa shape index (κ2) is 6.73. The number of benzene rings is 2. The second-order valence-electron chi connectivity index (χ2n) is 6.30. The number of furan rings is 1. The summed E-state index contributed by atoms with van der Waals surface area (Å²) in [6.45, 7) is 4.65. The van der Waals surface area contributed by atoms with Crippen molar-refractivity contribution in [1.29, 1.82) is 0 Å². The van der Waals surface area contributed by atoms with Gasteiger partial charge < -0.3 is 14.1 Å². The highest BCUT2D eigenvalue weighted by atomic mass is 16.5. The van der Waals surface area contributed by atoms with Crippen molar-refractivity contribution in [2.45, 2.75) is 13.3 Å². The standard InChI is InChI=1S/C21H21NO3/c1-2-19-14-18-13-17(7-8-20(18)25-19)15-3-5-16(6-4-15)21(23)22-9-11-24-12-10-22/h3-8,13-14H,2,9-12H2,1H3. The van der Waals surface area contributed by atoms with Crippen molar-refractivity contribution in [1.82, 2.24) is 4.90 Å².